The van der Waals surface area contributed by atoms with E-state index >= 15 is 0 Å². The highest BCUT2D eigenvalue weighted by atomic mass is 35.5. The summed E-state index contributed by atoms with van der Waals surface area (Å²) in [6.45, 7) is 11.9. The lowest BCUT2D eigenvalue weighted by molar-refractivity contribution is 0.0772. The summed E-state index contributed by atoms with van der Waals surface area (Å²) in [5.41, 5.74) is 4.77. The summed E-state index contributed by atoms with van der Waals surface area (Å²) >= 11 is 6.20. The molecule has 2 saturated heterocycles. The van der Waals surface area contributed by atoms with E-state index in [0.717, 1.165) is 78.9 Å². The van der Waals surface area contributed by atoms with E-state index in [9.17, 15) is 4.79 Å². The van der Waals surface area contributed by atoms with Crippen molar-refractivity contribution in [1.82, 2.24) is 19.6 Å². The molecule has 2 unspecified atom stereocenters. The topological polar surface area (TPSA) is 53.4 Å². The van der Waals surface area contributed by atoms with Crippen molar-refractivity contribution in [3.63, 3.8) is 0 Å². The molecule has 2 aliphatic rings. The van der Waals surface area contributed by atoms with Gasteiger partial charge in [-0.05, 0) is 63.3 Å². The summed E-state index contributed by atoms with van der Waals surface area (Å²) in [6.07, 6.45) is 1.10. The molecule has 2 aromatic rings. The van der Waals surface area contributed by atoms with Crippen molar-refractivity contribution in [2.24, 2.45) is 18.9 Å². The molecule has 1 aromatic carbocycles. The van der Waals surface area contributed by atoms with E-state index in [1.807, 2.05) is 44.9 Å². The normalized spacial score (nSPS) is 21.3. The average Bonchev–Trinajstić information content (AvgIpc) is 3.33. The Morgan fingerprint density at radius 2 is 1.87 bits per heavy atom. The van der Waals surface area contributed by atoms with E-state index in [2.05, 4.69) is 21.4 Å². The molecule has 2 atom stereocenters. The first-order valence-corrected chi connectivity index (χ1v) is 11.2. The van der Waals surface area contributed by atoms with Gasteiger partial charge in [0.1, 0.15) is 0 Å². The Morgan fingerprint density at radius 3 is 2.47 bits per heavy atom. The summed E-state index contributed by atoms with van der Waals surface area (Å²) in [4.78, 5) is 17.7. The zero-order chi connectivity index (χ0) is 21.4. The Balaban J connectivity index is 1.23. The number of aromatic nitrogens is 2. The Labute approximate surface area is 184 Å². The van der Waals surface area contributed by atoms with Crippen molar-refractivity contribution in [2.75, 3.05) is 44.6 Å². The number of fused-ring (bicyclic) bond motifs is 1. The largest absolute Gasteiger partial charge is 0.385 e. The molecule has 162 valence electrons. The predicted octanol–water partition coefficient (Wildman–Crippen LogP) is 3.50. The van der Waals surface area contributed by atoms with E-state index in [1.165, 1.54) is 0 Å². The van der Waals surface area contributed by atoms with Gasteiger partial charge >= 0.3 is 0 Å². The van der Waals surface area contributed by atoms with Crippen LogP contribution >= 0.6 is 11.6 Å². The molecule has 7 heteroatoms. The van der Waals surface area contributed by atoms with Crippen molar-refractivity contribution in [3.05, 3.63) is 45.7 Å². The maximum absolute atomic E-state index is 13.0. The molecule has 4 rings (SSSR count). The number of carbonyl (C=O) groups excluding carboxylic acids is 1. The molecule has 0 spiro atoms. The van der Waals surface area contributed by atoms with Gasteiger partial charge in [0.2, 0.25) is 0 Å². The van der Waals surface area contributed by atoms with Crippen molar-refractivity contribution in [3.8, 4) is 0 Å². The highest BCUT2D eigenvalue weighted by molar-refractivity contribution is 6.31. The molecule has 1 N–H and O–H groups in total. The number of nitrogens with one attached hydrogen (secondary N) is 1. The lowest BCUT2D eigenvalue weighted by Crippen LogP contribution is -2.34. The van der Waals surface area contributed by atoms with Gasteiger partial charge in [0, 0.05) is 56.2 Å². The minimum absolute atomic E-state index is 0.153. The highest BCUT2D eigenvalue weighted by Gasteiger charge is 2.42. The van der Waals surface area contributed by atoms with Crippen LogP contribution in [-0.2, 0) is 7.05 Å². The first-order valence-electron chi connectivity index (χ1n) is 10.9. The smallest absolute Gasteiger partial charge is 0.257 e. The molecule has 30 heavy (non-hydrogen) atoms. The molecule has 6 nitrogen and oxygen atoms in total. The van der Waals surface area contributed by atoms with Crippen LogP contribution in [0.5, 0.6) is 0 Å². The molecule has 0 bridgehead atoms. The number of anilines is 1. The van der Waals surface area contributed by atoms with Crippen molar-refractivity contribution >= 4 is 23.2 Å². The molecule has 2 aliphatic heterocycles. The third-order valence-electron chi connectivity index (χ3n) is 6.72. The Hall–Kier alpha value is -2.05. The van der Waals surface area contributed by atoms with Crippen molar-refractivity contribution < 1.29 is 4.79 Å². The molecular weight excluding hydrogens is 398 g/mol. The number of likely N-dealkylation sites (tertiary alicyclic amines) is 2. The summed E-state index contributed by atoms with van der Waals surface area (Å²) < 4.78 is 1.81. The van der Waals surface area contributed by atoms with E-state index in [4.69, 9.17) is 11.6 Å². The van der Waals surface area contributed by atoms with Crippen molar-refractivity contribution in [2.45, 2.75) is 27.2 Å². The van der Waals surface area contributed by atoms with Gasteiger partial charge in [-0.15, -0.1) is 0 Å². The van der Waals surface area contributed by atoms with Gasteiger partial charge < -0.3 is 15.1 Å². The van der Waals surface area contributed by atoms with E-state index in [-0.39, 0.29) is 5.91 Å². The number of rotatable bonds is 6. The monoisotopic (exact) mass is 429 g/mol. The van der Waals surface area contributed by atoms with E-state index in [1.54, 1.807) is 4.68 Å². The van der Waals surface area contributed by atoms with Crippen LogP contribution in [0, 0.1) is 32.6 Å². The van der Waals surface area contributed by atoms with Gasteiger partial charge in [-0.3, -0.25) is 9.48 Å². The van der Waals surface area contributed by atoms with Crippen LogP contribution in [0.1, 0.15) is 33.7 Å². The lowest BCUT2D eigenvalue weighted by atomic mass is 10.0. The molecule has 1 amide bonds. The fraction of sp³-hybridized carbons (Fsp3) is 0.565. The zero-order valence-electron chi connectivity index (χ0n) is 18.4. The van der Waals surface area contributed by atoms with Crippen molar-refractivity contribution in [1.29, 1.82) is 0 Å². The van der Waals surface area contributed by atoms with Gasteiger partial charge in [0.25, 0.3) is 5.91 Å². The minimum atomic E-state index is 0.153. The minimum Gasteiger partial charge on any atom is -0.385 e. The number of hydrogen-bond donors (Lipinski definition) is 1. The second kappa shape index (κ2) is 8.60. The molecular formula is C23H32ClN5O. The molecule has 0 aliphatic carbocycles. The van der Waals surface area contributed by atoms with Crippen LogP contribution in [0.2, 0.25) is 5.02 Å². The number of amides is 1. The molecule has 1 aromatic heterocycles. The second-order valence-electron chi connectivity index (χ2n) is 8.90. The zero-order valence-corrected chi connectivity index (χ0v) is 19.2. The SMILES string of the molecule is Cc1ccc(NCCCN2CC3CN(C(=O)c4c(C)nn(C)c4C)CC3C2)cc1Cl. The Bertz CT molecular complexity index is 926. The van der Waals surface area contributed by atoms with Gasteiger partial charge in [-0.1, -0.05) is 17.7 Å². The van der Waals surface area contributed by atoms with Crippen LogP contribution in [0.4, 0.5) is 5.69 Å². The van der Waals surface area contributed by atoms with Gasteiger partial charge in [0.05, 0.1) is 11.3 Å². The number of carbonyl (C=O) groups is 1. The Kier molecular flexibility index (Phi) is 6.07. The number of halogens is 1. The Morgan fingerprint density at radius 1 is 1.17 bits per heavy atom. The third kappa shape index (κ3) is 4.21. The molecule has 0 saturated carbocycles. The summed E-state index contributed by atoms with van der Waals surface area (Å²) in [5.74, 6) is 1.34. The van der Waals surface area contributed by atoms with Crippen LogP contribution < -0.4 is 5.32 Å². The number of aryl methyl sites for hydroxylation is 3. The summed E-state index contributed by atoms with van der Waals surface area (Å²) in [6, 6.07) is 6.13. The summed E-state index contributed by atoms with van der Waals surface area (Å²) in [7, 11) is 1.90. The first-order chi connectivity index (χ1) is 14.3. The molecule has 0 radical (unpaired) electrons. The third-order valence-corrected chi connectivity index (χ3v) is 7.13. The van der Waals surface area contributed by atoms with Crippen LogP contribution in [0.25, 0.3) is 0 Å². The molecule has 3 heterocycles. The van der Waals surface area contributed by atoms with Gasteiger partial charge in [0.15, 0.2) is 0 Å². The summed E-state index contributed by atoms with van der Waals surface area (Å²) in [5, 5.41) is 8.68. The fourth-order valence-corrected chi connectivity index (χ4v) is 5.10. The lowest BCUT2D eigenvalue weighted by Gasteiger charge is -2.22. The van der Waals surface area contributed by atoms with Gasteiger partial charge in [-0.2, -0.15) is 5.10 Å². The maximum atomic E-state index is 13.0. The highest BCUT2D eigenvalue weighted by Crippen LogP contribution is 2.32. The second-order valence-corrected chi connectivity index (χ2v) is 9.31. The maximum Gasteiger partial charge on any atom is 0.257 e. The van der Waals surface area contributed by atoms with Crippen LogP contribution in [-0.4, -0.2) is 64.8 Å². The number of nitrogens with zero attached hydrogens (tertiary/aromatic N) is 4. The predicted molar refractivity (Wildman–Crippen MR) is 121 cm³/mol. The standard InChI is InChI=1S/C23H32ClN5O/c1-15-6-7-20(10-21(15)24)25-8-5-9-28-11-18-13-29(14-19(18)12-28)23(30)22-16(2)26-27(4)17(22)3/h6-7,10,18-19,25H,5,8-9,11-14H2,1-4H3. The number of hydrogen-bond acceptors (Lipinski definition) is 4. The van der Waals surface area contributed by atoms with Crippen LogP contribution in [0.3, 0.4) is 0 Å². The molecule has 2 fully saturated rings. The first kappa shape index (κ1) is 21.2. The van der Waals surface area contributed by atoms with Gasteiger partial charge in [-0.25, -0.2) is 0 Å². The van der Waals surface area contributed by atoms with E-state index < -0.39 is 0 Å². The quantitative estimate of drug-likeness (QED) is 0.714. The fourth-order valence-electron chi connectivity index (χ4n) is 4.92. The van der Waals surface area contributed by atoms with Crippen LogP contribution in [0.15, 0.2) is 18.2 Å². The number of benzene rings is 1. The average molecular weight is 430 g/mol. The van der Waals surface area contributed by atoms with E-state index in [0.29, 0.717) is 11.8 Å².